The van der Waals surface area contributed by atoms with Crippen LogP contribution in [0.4, 0.5) is 0 Å². The van der Waals surface area contributed by atoms with Crippen LogP contribution >= 0.6 is 12.4 Å². The van der Waals surface area contributed by atoms with Crippen molar-refractivity contribution in [1.82, 2.24) is 15.3 Å². The van der Waals surface area contributed by atoms with Gasteiger partial charge in [-0.3, -0.25) is 14.4 Å². The van der Waals surface area contributed by atoms with E-state index in [1.807, 2.05) is 30.3 Å². The molecule has 0 aromatic heterocycles. The Labute approximate surface area is 222 Å². The number of amides is 3. The van der Waals surface area contributed by atoms with E-state index in [2.05, 4.69) is 12.2 Å². The first-order valence-corrected chi connectivity index (χ1v) is 13.0. The summed E-state index contributed by atoms with van der Waals surface area (Å²) in [6.07, 6.45) is 12.3. The van der Waals surface area contributed by atoms with E-state index in [4.69, 9.17) is 5.73 Å². The van der Waals surface area contributed by atoms with Crippen molar-refractivity contribution in [3.8, 4) is 0 Å². The molecule has 0 spiro atoms. The summed E-state index contributed by atoms with van der Waals surface area (Å²) >= 11 is 0. The first-order valence-electron chi connectivity index (χ1n) is 13.0. The molecule has 0 aliphatic rings. The number of carbonyl (C=O) groups is 3. The summed E-state index contributed by atoms with van der Waals surface area (Å²) in [5, 5.41) is 6.90. The standard InChI is InChI=1S/C28H42N4O3.ClH/c1-3-4-5-6-7-8-9-10-11-14-20-30-26(33)22-32(27(34)21-29)31(2)28(35)25-19-15-17-23-16-12-13-18-24(23)25;/h12-13,15-19H,3-11,14,20-22,29H2,1-2H3,(H,30,33);1H. The molecule has 3 amide bonds. The van der Waals surface area contributed by atoms with Crippen LogP contribution in [-0.4, -0.2) is 54.4 Å². The summed E-state index contributed by atoms with van der Waals surface area (Å²) < 4.78 is 0. The minimum atomic E-state index is -0.491. The Morgan fingerprint density at radius 3 is 2.06 bits per heavy atom. The average Bonchev–Trinajstić information content (AvgIpc) is 2.88. The van der Waals surface area contributed by atoms with E-state index in [1.165, 1.54) is 63.4 Å². The van der Waals surface area contributed by atoms with Crippen molar-refractivity contribution in [3.05, 3.63) is 48.0 Å². The Bertz CT molecular complexity index is 948. The van der Waals surface area contributed by atoms with E-state index in [9.17, 15) is 14.4 Å². The van der Waals surface area contributed by atoms with Crippen LogP contribution in [0.3, 0.4) is 0 Å². The molecular weight excluding hydrogens is 476 g/mol. The molecule has 36 heavy (non-hydrogen) atoms. The highest BCUT2D eigenvalue weighted by atomic mass is 35.5. The predicted molar refractivity (Wildman–Crippen MR) is 149 cm³/mol. The van der Waals surface area contributed by atoms with Crippen molar-refractivity contribution in [3.63, 3.8) is 0 Å². The number of nitrogens with zero attached hydrogens (tertiary/aromatic N) is 2. The summed E-state index contributed by atoms with van der Waals surface area (Å²) in [6.45, 7) is 2.25. The molecule has 2 rings (SSSR count). The van der Waals surface area contributed by atoms with Crippen LogP contribution in [0.15, 0.2) is 42.5 Å². The quantitative estimate of drug-likeness (QED) is 0.254. The molecule has 0 atom stereocenters. The second-order valence-electron chi connectivity index (χ2n) is 9.04. The summed E-state index contributed by atoms with van der Waals surface area (Å²) in [5.74, 6) is -1.17. The molecule has 0 bridgehead atoms. The number of halogens is 1. The van der Waals surface area contributed by atoms with E-state index in [0.717, 1.165) is 28.6 Å². The molecular formula is C28H43ClN4O3. The average molecular weight is 519 g/mol. The molecule has 0 aliphatic heterocycles. The first kappa shape index (κ1) is 31.4. The van der Waals surface area contributed by atoms with E-state index in [1.54, 1.807) is 12.1 Å². The zero-order valence-corrected chi connectivity index (χ0v) is 22.7. The van der Waals surface area contributed by atoms with Crippen molar-refractivity contribution in [2.45, 2.75) is 71.1 Å². The lowest BCUT2D eigenvalue weighted by molar-refractivity contribution is -0.146. The largest absolute Gasteiger partial charge is 0.354 e. The van der Waals surface area contributed by atoms with Crippen molar-refractivity contribution in [2.24, 2.45) is 5.73 Å². The maximum Gasteiger partial charge on any atom is 0.272 e. The highest BCUT2D eigenvalue weighted by Crippen LogP contribution is 2.20. The number of benzene rings is 2. The van der Waals surface area contributed by atoms with E-state index in [0.29, 0.717) is 12.1 Å². The molecule has 0 saturated heterocycles. The Balaban J connectivity index is 0.00000648. The molecule has 3 N–H and O–H groups in total. The molecule has 200 valence electrons. The van der Waals surface area contributed by atoms with Gasteiger partial charge in [0, 0.05) is 19.2 Å². The van der Waals surface area contributed by atoms with Gasteiger partial charge in [-0.1, -0.05) is 101 Å². The third-order valence-corrected chi connectivity index (χ3v) is 6.28. The van der Waals surface area contributed by atoms with Gasteiger partial charge >= 0.3 is 0 Å². The van der Waals surface area contributed by atoms with Crippen LogP contribution in [0.1, 0.15) is 81.5 Å². The van der Waals surface area contributed by atoms with Crippen molar-refractivity contribution in [2.75, 3.05) is 26.7 Å². The normalized spacial score (nSPS) is 10.5. The predicted octanol–water partition coefficient (Wildman–Crippen LogP) is 5.07. The monoisotopic (exact) mass is 518 g/mol. The van der Waals surface area contributed by atoms with Gasteiger partial charge in [-0.2, -0.15) is 0 Å². The fraction of sp³-hybridized carbons (Fsp3) is 0.536. The lowest BCUT2D eigenvalue weighted by Gasteiger charge is -2.31. The number of fused-ring (bicyclic) bond motifs is 1. The molecule has 0 aliphatic carbocycles. The van der Waals surface area contributed by atoms with Gasteiger partial charge in [-0.05, 0) is 23.3 Å². The van der Waals surface area contributed by atoms with Crippen LogP contribution in [0.5, 0.6) is 0 Å². The van der Waals surface area contributed by atoms with Crippen LogP contribution < -0.4 is 11.1 Å². The molecule has 0 heterocycles. The molecule has 0 fully saturated rings. The van der Waals surface area contributed by atoms with Gasteiger partial charge < -0.3 is 11.1 Å². The number of nitrogens with one attached hydrogen (secondary N) is 1. The van der Waals surface area contributed by atoms with Gasteiger partial charge in [-0.25, -0.2) is 10.0 Å². The zero-order valence-electron chi connectivity index (χ0n) is 21.8. The van der Waals surface area contributed by atoms with Gasteiger partial charge in [0.2, 0.25) is 5.91 Å². The summed E-state index contributed by atoms with van der Waals surface area (Å²) in [5.41, 5.74) is 6.03. The van der Waals surface area contributed by atoms with Crippen LogP contribution in [-0.2, 0) is 9.59 Å². The second-order valence-corrected chi connectivity index (χ2v) is 9.04. The van der Waals surface area contributed by atoms with E-state index < -0.39 is 5.91 Å². The fourth-order valence-corrected chi connectivity index (χ4v) is 4.19. The summed E-state index contributed by atoms with van der Waals surface area (Å²) in [4.78, 5) is 38.2. The number of hydrazine groups is 1. The third-order valence-electron chi connectivity index (χ3n) is 6.28. The maximum atomic E-state index is 13.2. The molecule has 2 aromatic carbocycles. The zero-order chi connectivity index (χ0) is 25.5. The number of nitrogens with two attached hydrogens (primary N) is 1. The van der Waals surface area contributed by atoms with Crippen molar-refractivity contribution >= 4 is 40.9 Å². The smallest absolute Gasteiger partial charge is 0.272 e. The number of carbonyl (C=O) groups excluding carboxylic acids is 3. The molecule has 8 heteroatoms. The topological polar surface area (TPSA) is 95.7 Å². The highest BCUT2D eigenvalue weighted by Gasteiger charge is 2.26. The van der Waals surface area contributed by atoms with Gasteiger partial charge in [-0.15, -0.1) is 12.4 Å². The Kier molecular flexibility index (Phi) is 15.5. The minimum absolute atomic E-state index is 0. The van der Waals surface area contributed by atoms with Crippen LogP contribution in [0.25, 0.3) is 10.8 Å². The van der Waals surface area contributed by atoms with Gasteiger partial charge in [0.1, 0.15) is 6.54 Å². The van der Waals surface area contributed by atoms with Gasteiger partial charge in [0.25, 0.3) is 11.8 Å². The van der Waals surface area contributed by atoms with Crippen molar-refractivity contribution in [1.29, 1.82) is 0 Å². The number of unbranched alkanes of at least 4 members (excludes halogenated alkanes) is 9. The Hall–Kier alpha value is -2.64. The first-order chi connectivity index (χ1) is 17.0. The minimum Gasteiger partial charge on any atom is -0.354 e. The molecule has 0 unspecified atom stereocenters. The molecule has 2 aromatic rings. The highest BCUT2D eigenvalue weighted by molar-refractivity contribution is 6.07. The van der Waals surface area contributed by atoms with Gasteiger partial charge in [0.15, 0.2) is 0 Å². The lowest BCUT2D eigenvalue weighted by Crippen LogP contribution is -2.53. The second kappa shape index (κ2) is 17.7. The van der Waals surface area contributed by atoms with Crippen molar-refractivity contribution < 1.29 is 14.4 Å². The maximum absolute atomic E-state index is 13.2. The number of hydrogen-bond donors (Lipinski definition) is 2. The fourth-order valence-electron chi connectivity index (χ4n) is 4.19. The number of hydrogen-bond acceptors (Lipinski definition) is 4. The Morgan fingerprint density at radius 2 is 1.42 bits per heavy atom. The Morgan fingerprint density at radius 1 is 0.833 bits per heavy atom. The van der Waals surface area contributed by atoms with E-state index in [-0.39, 0.29) is 37.3 Å². The molecule has 7 nitrogen and oxygen atoms in total. The third kappa shape index (κ3) is 10.2. The van der Waals surface area contributed by atoms with Crippen LogP contribution in [0, 0.1) is 0 Å². The van der Waals surface area contributed by atoms with Crippen LogP contribution in [0.2, 0.25) is 0 Å². The lowest BCUT2D eigenvalue weighted by atomic mass is 10.0. The van der Waals surface area contributed by atoms with E-state index >= 15 is 0 Å². The molecule has 0 radical (unpaired) electrons. The molecule has 0 saturated carbocycles. The SMILES string of the molecule is CCCCCCCCCCCCNC(=O)CN(C(=O)CN)N(C)C(=O)c1cccc2ccccc12.Cl. The summed E-state index contributed by atoms with van der Waals surface area (Å²) in [6, 6.07) is 13.0. The number of rotatable bonds is 15. The summed E-state index contributed by atoms with van der Waals surface area (Å²) in [7, 11) is 1.49. The van der Waals surface area contributed by atoms with Gasteiger partial charge in [0.05, 0.1) is 6.54 Å².